The number of Topliss-reactive ketones (excluding diaryl/α,β-unsaturated/α-hetero) is 1. The summed E-state index contributed by atoms with van der Waals surface area (Å²) < 4.78 is 11.3. The highest BCUT2D eigenvalue weighted by Crippen LogP contribution is 2.35. The minimum absolute atomic E-state index is 0.107. The number of aromatic nitrogens is 2. The third kappa shape index (κ3) is 4.40. The van der Waals surface area contributed by atoms with Gasteiger partial charge < -0.3 is 14.5 Å². The molecule has 0 radical (unpaired) electrons. The molecule has 0 spiro atoms. The first-order valence-electron chi connectivity index (χ1n) is 8.88. The van der Waals surface area contributed by atoms with Crippen LogP contribution in [0.25, 0.3) is 11.3 Å². The molecule has 2 heterocycles. The van der Waals surface area contributed by atoms with Crippen molar-refractivity contribution in [3.8, 4) is 22.8 Å². The molecule has 2 N–H and O–H groups in total. The predicted molar refractivity (Wildman–Crippen MR) is 109 cm³/mol. The van der Waals surface area contributed by atoms with Gasteiger partial charge in [0.1, 0.15) is 17.2 Å². The number of benzene rings is 1. The van der Waals surface area contributed by atoms with E-state index in [0.717, 1.165) is 11.3 Å². The molecule has 146 valence electrons. The van der Waals surface area contributed by atoms with Gasteiger partial charge in [0.2, 0.25) is 0 Å². The summed E-state index contributed by atoms with van der Waals surface area (Å²) in [6, 6.07) is 7.10. The number of hydrogen-bond acceptors (Lipinski definition) is 6. The zero-order chi connectivity index (χ0) is 20.1. The number of nitrogens with one attached hydrogen (secondary N) is 2. The lowest BCUT2D eigenvalue weighted by molar-refractivity contribution is 0.101. The molecule has 0 aliphatic carbocycles. The molecule has 1 amide bonds. The van der Waals surface area contributed by atoms with Crippen LogP contribution in [0.1, 0.15) is 41.6 Å². The number of ketones is 1. The van der Waals surface area contributed by atoms with Crippen LogP contribution >= 0.6 is 11.3 Å². The standard InChI is InChI=1S/C20H21N3O4S/c1-4-26-14-6-7-18(27-5-2)15(9-14)17-11-28-20(22-17)23-19(25)16-8-13(10-21-16)12(3)24/h6-11,21H,4-5H2,1-3H3,(H,22,23,25). The molecular formula is C20H21N3O4S. The molecular weight excluding hydrogens is 378 g/mol. The maximum absolute atomic E-state index is 12.4. The lowest BCUT2D eigenvalue weighted by atomic mass is 10.1. The summed E-state index contributed by atoms with van der Waals surface area (Å²) in [5.74, 6) is 0.957. The lowest BCUT2D eigenvalue weighted by Crippen LogP contribution is -2.12. The monoisotopic (exact) mass is 399 g/mol. The topological polar surface area (TPSA) is 93.3 Å². The lowest BCUT2D eigenvalue weighted by Gasteiger charge is -2.11. The molecule has 28 heavy (non-hydrogen) atoms. The van der Waals surface area contributed by atoms with E-state index in [9.17, 15) is 9.59 Å². The maximum Gasteiger partial charge on any atom is 0.273 e. The van der Waals surface area contributed by atoms with Crippen molar-refractivity contribution in [3.63, 3.8) is 0 Å². The molecule has 3 rings (SSSR count). The number of H-pyrrole nitrogens is 1. The number of anilines is 1. The van der Waals surface area contributed by atoms with Crippen molar-refractivity contribution in [1.29, 1.82) is 0 Å². The van der Waals surface area contributed by atoms with Crippen LogP contribution in [0.5, 0.6) is 11.5 Å². The van der Waals surface area contributed by atoms with Crippen LogP contribution in [0.2, 0.25) is 0 Å². The van der Waals surface area contributed by atoms with Crippen LogP contribution in [0, 0.1) is 0 Å². The molecule has 0 saturated heterocycles. The maximum atomic E-state index is 12.4. The van der Waals surface area contributed by atoms with Gasteiger partial charge in [0.05, 0.1) is 18.9 Å². The van der Waals surface area contributed by atoms with Crippen molar-refractivity contribution in [3.05, 3.63) is 47.1 Å². The molecule has 0 aliphatic heterocycles. The molecule has 3 aromatic rings. The third-order valence-electron chi connectivity index (χ3n) is 3.90. The van der Waals surface area contributed by atoms with Gasteiger partial charge in [-0.1, -0.05) is 0 Å². The molecule has 0 aliphatic rings. The zero-order valence-corrected chi connectivity index (χ0v) is 16.7. The van der Waals surface area contributed by atoms with Gasteiger partial charge >= 0.3 is 0 Å². The summed E-state index contributed by atoms with van der Waals surface area (Å²) in [5, 5.41) is 5.04. The fraction of sp³-hybridized carbons (Fsp3) is 0.250. The van der Waals surface area contributed by atoms with Gasteiger partial charge in [-0.3, -0.25) is 14.9 Å². The molecule has 0 bridgehead atoms. The van der Waals surface area contributed by atoms with Crippen LogP contribution in [0.3, 0.4) is 0 Å². The summed E-state index contributed by atoms with van der Waals surface area (Å²) in [6.45, 7) is 6.37. The van der Waals surface area contributed by atoms with Gasteiger partial charge in [-0.05, 0) is 45.0 Å². The number of carbonyl (C=O) groups excluding carboxylic acids is 2. The summed E-state index contributed by atoms with van der Waals surface area (Å²) in [6.07, 6.45) is 1.51. The van der Waals surface area contributed by atoms with E-state index in [4.69, 9.17) is 9.47 Å². The SMILES string of the molecule is CCOc1ccc(OCC)c(-c2csc(NC(=O)c3cc(C(C)=O)c[nH]3)n2)c1. The van der Waals surface area contributed by atoms with Crippen molar-refractivity contribution in [2.45, 2.75) is 20.8 Å². The molecule has 0 atom stereocenters. The normalized spacial score (nSPS) is 10.5. The molecule has 2 aromatic heterocycles. The number of nitrogens with zero attached hydrogens (tertiary/aromatic N) is 1. The molecule has 7 nitrogen and oxygen atoms in total. The first-order valence-corrected chi connectivity index (χ1v) is 9.76. The van der Waals surface area contributed by atoms with E-state index in [-0.39, 0.29) is 11.7 Å². The van der Waals surface area contributed by atoms with Crippen molar-refractivity contribution in [2.75, 3.05) is 18.5 Å². The summed E-state index contributed by atoms with van der Waals surface area (Å²) in [5.41, 5.74) is 2.24. The minimum atomic E-state index is -0.360. The van der Waals surface area contributed by atoms with Gasteiger partial charge in [-0.2, -0.15) is 0 Å². The highest BCUT2D eigenvalue weighted by atomic mass is 32.1. The molecule has 0 fully saturated rings. The number of aromatic amines is 1. The molecule has 1 aromatic carbocycles. The third-order valence-corrected chi connectivity index (χ3v) is 4.65. The second-order valence-electron chi connectivity index (χ2n) is 5.87. The first kappa shape index (κ1) is 19.6. The Hall–Kier alpha value is -3.13. The van der Waals surface area contributed by atoms with Crippen LogP contribution in [-0.2, 0) is 0 Å². The Morgan fingerprint density at radius 3 is 2.64 bits per heavy atom. The van der Waals surface area contributed by atoms with E-state index in [2.05, 4.69) is 15.3 Å². The zero-order valence-electron chi connectivity index (χ0n) is 15.9. The fourth-order valence-electron chi connectivity index (χ4n) is 2.60. The Balaban J connectivity index is 1.82. The number of thiazole rings is 1. The van der Waals surface area contributed by atoms with E-state index < -0.39 is 0 Å². The fourth-order valence-corrected chi connectivity index (χ4v) is 3.30. The van der Waals surface area contributed by atoms with Gasteiger partial charge in [0.15, 0.2) is 10.9 Å². The summed E-state index contributed by atoms with van der Waals surface area (Å²) >= 11 is 1.31. The van der Waals surface area contributed by atoms with Crippen LogP contribution < -0.4 is 14.8 Å². The van der Waals surface area contributed by atoms with Crippen molar-refractivity contribution in [2.24, 2.45) is 0 Å². The van der Waals surface area contributed by atoms with E-state index in [1.165, 1.54) is 30.5 Å². The number of hydrogen-bond donors (Lipinski definition) is 2. The van der Waals surface area contributed by atoms with Crippen LogP contribution in [0.15, 0.2) is 35.8 Å². The Labute approximate surface area is 166 Å². The Morgan fingerprint density at radius 2 is 1.96 bits per heavy atom. The summed E-state index contributed by atoms with van der Waals surface area (Å²) in [7, 11) is 0. The summed E-state index contributed by atoms with van der Waals surface area (Å²) in [4.78, 5) is 31.1. The van der Waals surface area contributed by atoms with Crippen LogP contribution in [-0.4, -0.2) is 34.9 Å². The number of ether oxygens (including phenoxy) is 2. The molecule has 0 unspecified atom stereocenters. The highest BCUT2D eigenvalue weighted by molar-refractivity contribution is 7.14. The van der Waals surface area contributed by atoms with Crippen LogP contribution in [0.4, 0.5) is 5.13 Å². The number of rotatable bonds is 8. The Morgan fingerprint density at radius 1 is 1.18 bits per heavy atom. The van der Waals surface area contributed by atoms with Gasteiger partial charge in [0.25, 0.3) is 5.91 Å². The Bertz CT molecular complexity index is 993. The first-order chi connectivity index (χ1) is 13.5. The minimum Gasteiger partial charge on any atom is -0.494 e. The van der Waals surface area contributed by atoms with E-state index in [1.54, 1.807) is 0 Å². The highest BCUT2D eigenvalue weighted by Gasteiger charge is 2.15. The van der Waals surface area contributed by atoms with E-state index >= 15 is 0 Å². The Kier molecular flexibility index (Phi) is 6.10. The number of carbonyl (C=O) groups is 2. The molecule has 8 heteroatoms. The largest absolute Gasteiger partial charge is 0.494 e. The second-order valence-corrected chi connectivity index (χ2v) is 6.73. The quantitative estimate of drug-likeness (QED) is 0.548. The van der Waals surface area contributed by atoms with Gasteiger partial charge in [0, 0.05) is 22.7 Å². The van der Waals surface area contributed by atoms with Gasteiger partial charge in [-0.15, -0.1) is 11.3 Å². The van der Waals surface area contributed by atoms with E-state index in [1.807, 2.05) is 37.4 Å². The van der Waals surface area contributed by atoms with Gasteiger partial charge in [-0.25, -0.2) is 4.98 Å². The van der Waals surface area contributed by atoms with Crippen molar-refractivity contribution < 1.29 is 19.1 Å². The predicted octanol–water partition coefficient (Wildman–Crippen LogP) is 4.39. The average molecular weight is 399 g/mol. The van der Waals surface area contributed by atoms with E-state index in [0.29, 0.717) is 41.0 Å². The second kappa shape index (κ2) is 8.71. The molecule has 0 saturated carbocycles. The van der Waals surface area contributed by atoms with Crippen molar-refractivity contribution in [1.82, 2.24) is 9.97 Å². The smallest absolute Gasteiger partial charge is 0.273 e. The number of amides is 1. The van der Waals surface area contributed by atoms with Crippen molar-refractivity contribution >= 4 is 28.2 Å². The average Bonchev–Trinajstić information content (AvgIpc) is 3.33.